The minimum atomic E-state index is -1.04. The lowest BCUT2D eigenvalue weighted by atomic mass is 10.1. The van der Waals surface area contributed by atoms with E-state index in [0.717, 1.165) is 5.69 Å². The maximum absolute atomic E-state index is 12.5. The van der Waals surface area contributed by atoms with Gasteiger partial charge in [0.1, 0.15) is 12.1 Å². The van der Waals surface area contributed by atoms with Crippen LogP contribution < -0.4 is 4.74 Å². The number of rotatable bonds is 6. The predicted octanol–water partition coefficient (Wildman–Crippen LogP) is 1.72. The largest absolute Gasteiger partial charge is 0.480 e. The number of carbonyl (C=O) groups is 2. The van der Waals surface area contributed by atoms with Crippen LogP contribution in [0.4, 0.5) is 0 Å². The number of carboxylic acids is 1. The molecule has 0 aliphatic rings. The molecule has 1 heterocycles. The molecule has 20 heavy (non-hydrogen) atoms. The molecular formula is C14H20N2O4. The Hall–Kier alpha value is -2.11. The van der Waals surface area contributed by atoms with Crippen LogP contribution in [0.5, 0.6) is 5.88 Å². The number of nitrogens with zero attached hydrogens (tertiary/aromatic N) is 2. The van der Waals surface area contributed by atoms with Crippen molar-refractivity contribution in [2.75, 3.05) is 13.7 Å². The molecule has 0 aliphatic heterocycles. The Labute approximate surface area is 118 Å². The second-order valence-corrected chi connectivity index (χ2v) is 4.59. The number of hydrogen-bond donors (Lipinski definition) is 1. The van der Waals surface area contributed by atoms with Crippen molar-refractivity contribution < 1.29 is 19.4 Å². The molecule has 0 bridgehead atoms. The molecule has 1 rings (SSSR count). The number of carbonyl (C=O) groups excluding carboxylic acids is 1. The summed E-state index contributed by atoms with van der Waals surface area (Å²) < 4.78 is 5.11. The van der Waals surface area contributed by atoms with E-state index >= 15 is 0 Å². The van der Waals surface area contributed by atoms with Crippen LogP contribution in [0.3, 0.4) is 0 Å². The van der Waals surface area contributed by atoms with Crippen LogP contribution in [-0.4, -0.2) is 46.6 Å². The summed E-state index contributed by atoms with van der Waals surface area (Å²) in [6.45, 7) is 5.16. The maximum atomic E-state index is 12.5. The van der Waals surface area contributed by atoms with Gasteiger partial charge in [-0.3, -0.25) is 9.59 Å². The van der Waals surface area contributed by atoms with Gasteiger partial charge in [0.05, 0.1) is 7.11 Å². The van der Waals surface area contributed by atoms with Crippen LogP contribution in [0.1, 0.15) is 36.3 Å². The van der Waals surface area contributed by atoms with Gasteiger partial charge in [-0.2, -0.15) is 0 Å². The van der Waals surface area contributed by atoms with Gasteiger partial charge < -0.3 is 14.7 Å². The third-order valence-corrected chi connectivity index (χ3v) is 3.11. The van der Waals surface area contributed by atoms with E-state index in [9.17, 15) is 9.59 Å². The minimum absolute atomic E-state index is 0.176. The van der Waals surface area contributed by atoms with Crippen LogP contribution in [0, 0.1) is 6.92 Å². The predicted molar refractivity (Wildman–Crippen MR) is 74.0 cm³/mol. The van der Waals surface area contributed by atoms with E-state index in [1.165, 1.54) is 12.0 Å². The first-order valence-electron chi connectivity index (χ1n) is 6.45. The molecule has 1 amide bonds. The smallest absolute Gasteiger partial charge is 0.323 e. The van der Waals surface area contributed by atoms with Crippen LogP contribution in [0.2, 0.25) is 0 Å². The van der Waals surface area contributed by atoms with Crippen molar-refractivity contribution in [1.82, 2.24) is 9.88 Å². The van der Waals surface area contributed by atoms with Crippen molar-refractivity contribution in [2.45, 2.75) is 33.2 Å². The molecule has 110 valence electrons. The molecule has 0 radical (unpaired) electrons. The molecule has 0 fully saturated rings. The molecule has 0 aromatic carbocycles. The fourth-order valence-electron chi connectivity index (χ4n) is 1.80. The van der Waals surface area contributed by atoms with Crippen molar-refractivity contribution in [3.63, 3.8) is 0 Å². The first-order chi connectivity index (χ1) is 9.40. The van der Waals surface area contributed by atoms with Crippen molar-refractivity contribution in [1.29, 1.82) is 0 Å². The van der Waals surface area contributed by atoms with Gasteiger partial charge in [-0.05, 0) is 32.4 Å². The number of amides is 1. The SMILES string of the molecule is CCC(C)N(CC(=O)O)C(=O)c1ccc(C)nc1OC. The number of pyridine rings is 1. The number of carboxylic acid groups (broad SMARTS) is 1. The Morgan fingerprint density at radius 1 is 1.45 bits per heavy atom. The van der Waals surface area contributed by atoms with Gasteiger partial charge >= 0.3 is 5.97 Å². The summed E-state index contributed by atoms with van der Waals surface area (Å²) in [5.74, 6) is -1.21. The van der Waals surface area contributed by atoms with E-state index in [-0.39, 0.29) is 29.9 Å². The first kappa shape index (κ1) is 15.9. The highest BCUT2D eigenvalue weighted by Gasteiger charge is 2.25. The fraction of sp³-hybridized carbons (Fsp3) is 0.500. The highest BCUT2D eigenvalue weighted by Crippen LogP contribution is 2.19. The Kier molecular flexibility index (Phi) is 5.49. The summed E-state index contributed by atoms with van der Waals surface area (Å²) in [7, 11) is 1.43. The molecule has 6 heteroatoms. The second kappa shape index (κ2) is 6.88. The van der Waals surface area contributed by atoms with Crippen molar-refractivity contribution in [2.24, 2.45) is 0 Å². The van der Waals surface area contributed by atoms with Gasteiger partial charge in [-0.1, -0.05) is 6.92 Å². The molecule has 0 saturated carbocycles. The molecule has 1 aromatic heterocycles. The summed E-state index contributed by atoms with van der Waals surface area (Å²) in [5.41, 5.74) is 1.01. The Morgan fingerprint density at radius 3 is 2.60 bits per heavy atom. The van der Waals surface area contributed by atoms with Crippen LogP contribution >= 0.6 is 0 Å². The van der Waals surface area contributed by atoms with Crippen molar-refractivity contribution >= 4 is 11.9 Å². The molecule has 0 saturated heterocycles. The van der Waals surface area contributed by atoms with E-state index in [0.29, 0.717) is 6.42 Å². The molecule has 1 N–H and O–H groups in total. The van der Waals surface area contributed by atoms with Crippen LogP contribution in [-0.2, 0) is 4.79 Å². The lowest BCUT2D eigenvalue weighted by Gasteiger charge is -2.27. The number of hydrogen-bond acceptors (Lipinski definition) is 4. The van der Waals surface area contributed by atoms with Crippen molar-refractivity contribution in [3.8, 4) is 5.88 Å². The molecule has 1 atom stereocenters. The molecule has 0 aliphatic carbocycles. The Morgan fingerprint density at radius 2 is 2.10 bits per heavy atom. The quantitative estimate of drug-likeness (QED) is 0.858. The number of methoxy groups -OCH3 is 1. The van der Waals surface area contributed by atoms with Crippen LogP contribution in [0.15, 0.2) is 12.1 Å². The van der Waals surface area contributed by atoms with Gasteiger partial charge in [-0.15, -0.1) is 0 Å². The zero-order valence-corrected chi connectivity index (χ0v) is 12.2. The number of aryl methyl sites for hydroxylation is 1. The van der Waals surface area contributed by atoms with E-state index in [2.05, 4.69) is 4.98 Å². The first-order valence-corrected chi connectivity index (χ1v) is 6.45. The summed E-state index contributed by atoms with van der Waals surface area (Å²) in [6, 6.07) is 3.14. The van der Waals surface area contributed by atoms with E-state index < -0.39 is 5.97 Å². The zero-order valence-electron chi connectivity index (χ0n) is 12.2. The normalized spacial score (nSPS) is 11.8. The lowest BCUT2D eigenvalue weighted by molar-refractivity contribution is -0.138. The molecule has 0 spiro atoms. The fourth-order valence-corrected chi connectivity index (χ4v) is 1.80. The third kappa shape index (κ3) is 3.69. The van der Waals surface area contributed by atoms with Crippen molar-refractivity contribution in [3.05, 3.63) is 23.4 Å². The van der Waals surface area contributed by atoms with Crippen LogP contribution in [0.25, 0.3) is 0 Å². The summed E-state index contributed by atoms with van der Waals surface area (Å²) in [6.07, 6.45) is 0.667. The number of aliphatic carboxylic acids is 1. The van der Waals surface area contributed by atoms with E-state index in [4.69, 9.17) is 9.84 Å². The minimum Gasteiger partial charge on any atom is -0.480 e. The Balaban J connectivity index is 3.14. The topological polar surface area (TPSA) is 79.7 Å². The average molecular weight is 280 g/mol. The van der Waals surface area contributed by atoms with E-state index in [1.54, 1.807) is 19.1 Å². The number of aromatic nitrogens is 1. The molecule has 1 aromatic rings. The summed E-state index contributed by atoms with van der Waals surface area (Å²) in [4.78, 5) is 28.9. The maximum Gasteiger partial charge on any atom is 0.323 e. The second-order valence-electron chi connectivity index (χ2n) is 4.59. The standard InChI is InChI=1S/C14H20N2O4/c1-5-10(3)16(8-12(17)18)14(19)11-7-6-9(2)15-13(11)20-4/h6-7,10H,5,8H2,1-4H3,(H,17,18). The molecule has 6 nitrogen and oxygen atoms in total. The zero-order chi connectivity index (χ0) is 15.3. The third-order valence-electron chi connectivity index (χ3n) is 3.11. The monoisotopic (exact) mass is 280 g/mol. The summed E-state index contributed by atoms with van der Waals surface area (Å²) in [5, 5.41) is 8.95. The van der Waals surface area contributed by atoms with Gasteiger partial charge in [0.15, 0.2) is 0 Å². The molecule has 1 unspecified atom stereocenters. The van der Waals surface area contributed by atoms with Gasteiger partial charge in [0, 0.05) is 11.7 Å². The number of ether oxygens (including phenoxy) is 1. The van der Waals surface area contributed by atoms with E-state index in [1.807, 2.05) is 13.8 Å². The van der Waals surface area contributed by atoms with Gasteiger partial charge in [0.25, 0.3) is 5.91 Å². The Bertz CT molecular complexity index is 502. The van der Waals surface area contributed by atoms with Gasteiger partial charge in [-0.25, -0.2) is 4.98 Å². The highest BCUT2D eigenvalue weighted by atomic mass is 16.5. The average Bonchev–Trinajstić information content (AvgIpc) is 2.42. The summed E-state index contributed by atoms with van der Waals surface area (Å²) >= 11 is 0. The molecular weight excluding hydrogens is 260 g/mol. The lowest BCUT2D eigenvalue weighted by Crippen LogP contribution is -2.42. The van der Waals surface area contributed by atoms with Gasteiger partial charge in [0.2, 0.25) is 5.88 Å². The highest BCUT2D eigenvalue weighted by molar-refractivity contribution is 5.98.